The summed E-state index contributed by atoms with van der Waals surface area (Å²) in [4.78, 5) is 35.6. The number of benzene rings is 2. The number of carbonyl (C=O) groups is 2. The summed E-state index contributed by atoms with van der Waals surface area (Å²) < 4.78 is 0. The van der Waals surface area contributed by atoms with Gasteiger partial charge in [0, 0.05) is 38.6 Å². The third-order valence-corrected chi connectivity index (χ3v) is 6.70. The molecule has 0 unspecified atom stereocenters. The van der Waals surface area contributed by atoms with E-state index in [9.17, 15) is 9.59 Å². The Balaban J connectivity index is 1.49. The molecule has 1 aliphatic carbocycles. The maximum absolute atomic E-state index is 13.2. The van der Waals surface area contributed by atoms with Crippen LogP contribution in [0.2, 0.25) is 0 Å². The van der Waals surface area contributed by atoms with Gasteiger partial charge in [0.1, 0.15) is 0 Å². The third-order valence-electron chi connectivity index (χ3n) is 5.51. The molecule has 0 bridgehead atoms. The van der Waals surface area contributed by atoms with Crippen molar-refractivity contribution < 1.29 is 9.59 Å². The summed E-state index contributed by atoms with van der Waals surface area (Å²) in [5.74, 6) is -0.325. The van der Waals surface area contributed by atoms with E-state index in [1.165, 1.54) is 22.8 Å². The Morgan fingerprint density at radius 1 is 0.767 bits per heavy atom. The lowest BCUT2D eigenvalue weighted by Crippen LogP contribution is -2.20. The number of fused-ring (bicyclic) bond motifs is 4. The minimum Gasteiger partial charge on any atom is -0.351 e. The van der Waals surface area contributed by atoms with Crippen LogP contribution in [0.1, 0.15) is 32.0 Å². The van der Waals surface area contributed by atoms with Crippen molar-refractivity contribution in [2.45, 2.75) is 0 Å². The number of ketones is 2. The zero-order valence-electron chi connectivity index (χ0n) is 15.7. The predicted molar refractivity (Wildman–Crippen MR) is 118 cm³/mol. The zero-order chi connectivity index (χ0) is 20.2. The molecule has 3 aromatic heterocycles. The maximum atomic E-state index is 13.2. The van der Waals surface area contributed by atoms with Gasteiger partial charge in [-0.3, -0.25) is 14.6 Å². The number of hydrogen-bond donors (Lipinski definition) is 1. The van der Waals surface area contributed by atoms with E-state index < -0.39 is 0 Å². The van der Waals surface area contributed by atoms with E-state index in [4.69, 9.17) is 0 Å². The van der Waals surface area contributed by atoms with Gasteiger partial charge in [0.05, 0.1) is 16.8 Å². The average molecular weight is 406 g/mol. The lowest BCUT2D eigenvalue weighted by molar-refractivity contribution is 0.0977. The number of thiophene rings is 1. The second kappa shape index (κ2) is 6.34. The van der Waals surface area contributed by atoms with Crippen molar-refractivity contribution in [2.75, 3.05) is 0 Å². The monoisotopic (exact) mass is 406 g/mol. The number of aromatic amines is 1. The summed E-state index contributed by atoms with van der Waals surface area (Å²) in [6.45, 7) is 0. The largest absolute Gasteiger partial charge is 0.351 e. The van der Waals surface area contributed by atoms with Gasteiger partial charge in [0.2, 0.25) is 5.78 Å². The molecule has 0 saturated carbocycles. The normalized spacial score (nSPS) is 12.8. The fraction of sp³-hybridized carbons (Fsp3) is 0. The highest BCUT2D eigenvalue weighted by Crippen LogP contribution is 2.38. The molecule has 0 atom stereocenters. The van der Waals surface area contributed by atoms with Gasteiger partial charge in [-0.15, -0.1) is 11.3 Å². The van der Waals surface area contributed by atoms with Crippen LogP contribution >= 0.6 is 11.3 Å². The Hall–Kier alpha value is -3.83. The van der Waals surface area contributed by atoms with E-state index in [-0.39, 0.29) is 11.6 Å². The number of carbonyl (C=O) groups excluding carboxylic acids is 2. The number of aromatic nitrogens is 2. The lowest BCUT2D eigenvalue weighted by atomic mass is 9.88. The molecular formula is C25H14N2O2S. The Labute approximate surface area is 175 Å². The van der Waals surface area contributed by atoms with E-state index in [2.05, 4.69) is 34.2 Å². The quantitative estimate of drug-likeness (QED) is 0.399. The van der Waals surface area contributed by atoms with Gasteiger partial charge in [-0.05, 0) is 41.5 Å². The standard InChI is InChI=1S/C25H14N2O2S/c28-24-18-13-26-11-10-16(18)25(29)23-22(24)17-12-15(6-7-19(17)27-23)21-9-8-20(30-21)14-4-2-1-3-5-14/h1-13,27H. The van der Waals surface area contributed by atoms with Gasteiger partial charge in [0.15, 0.2) is 5.78 Å². The maximum Gasteiger partial charge on any atom is 0.210 e. The summed E-state index contributed by atoms with van der Waals surface area (Å²) >= 11 is 1.71. The van der Waals surface area contributed by atoms with Gasteiger partial charge in [-0.2, -0.15) is 0 Å². The predicted octanol–water partition coefficient (Wildman–Crippen LogP) is 5.73. The van der Waals surface area contributed by atoms with Crippen molar-refractivity contribution in [3.05, 3.63) is 102 Å². The number of pyridine rings is 1. The Morgan fingerprint density at radius 2 is 1.57 bits per heavy atom. The van der Waals surface area contributed by atoms with Gasteiger partial charge in [-0.1, -0.05) is 36.4 Å². The van der Waals surface area contributed by atoms with Crippen LogP contribution in [0.4, 0.5) is 0 Å². The first kappa shape index (κ1) is 17.1. The highest BCUT2D eigenvalue weighted by atomic mass is 32.1. The number of H-pyrrole nitrogens is 1. The molecule has 1 N–H and O–H groups in total. The molecule has 30 heavy (non-hydrogen) atoms. The van der Waals surface area contributed by atoms with Crippen LogP contribution in [0.3, 0.4) is 0 Å². The first-order valence-corrected chi connectivity index (χ1v) is 10.4. The number of rotatable bonds is 2. The average Bonchev–Trinajstić information content (AvgIpc) is 3.43. The number of hydrogen-bond acceptors (Lipinski definition) is 4. The van der Waals surface area contributed by atoms with Crippen LogP contribution in [-0.4, -0.2) is 21.5 Å². The lowest BCUT2D eigenvalue weighted by Gasteiger charge is -2.13. The highest BCUT2D eigenvalue weighted by molar-refractivity contribution is 7.18. The summed E-state index contributed by atoms with van der Waals surface area (Å²) in [5, 5.41) is 0.769. The Bertz CT molecular complexity index is 1480. The highest BCUT2D eigenvalue weighted by Gasteiger charge is 2.33. The third kappa shape index (κ3) is 2.42. The molecule has 5 heteroatoms. The molecule has 0 fully saturated rings. The fourth-order valence-corrected chi connectivity index (χ4v) is 5.05. The first-order chi connectivity index (χ1) is 14.7. The van der Waals surface area contributed by atoms with Crippen LogP contribution in [0.25, 0.3) is 31.8 Å². The van der Waals surface area contributed by atoms with Gasteiger partial charge >= 0.3 is 0 Å². The number of nitrogens with zero attached hydrogens (tertiary/aromatic N) is 1. The van der Waals surface area contributed by atoms with Crippen molar-refractivity contribution >= 4 is 33.8 Å². The van der Waals surface area contributed by atoms with Gasteiger partial charge in [-0.25, -0.2) is 0 Å². The van der Waals surface area contributed by atoms with E-state index in [1.54, 1.807) is 17.4 Å². The van der Waals surface area contributed by atoms with Crippen LogP contribution in [0.15, 0.2) is 79.1 Å². The molecule has 3 heterocycles. The summed E-state index contributed by atoms with van der Waals surface area (Å²) in [7, 11) is 0. The Kier molecular flexibility index (Phi) is 3.60. The molecule has 0 saturated heterocycles. The van der Waals surface area contributed by atoms with Crippen LogP contribution in [0.5, 0.6) is 0 Å². The van der Waals surface area contributed by atoms with Crippen LogP contribution in [-0.2, 0) is 0 Å². The molecule has 0 radical (unpaired) electrons. The molecule has 6 rings (SSSR count). The SMILES string of the molecule is O=C1c2ccncc2C(=O)c2c1[nH]c1ccc(-c3ccc(-c4ccccc4)s3)cc21. The van der Waals surface area contributed by atoms with E-state index in [0.717, 1.165) is 21.3 Å². The first-order valence-electron chi connectivity index (χ1n) is 9.55. The molecule has 0 aliphatic heterocycles. The Morgan fingerprint density at radius 3 is 2.40 bits per heavy atom. The second-order valence-corrected chi connectivity index (χ2v) is 8.33. The minimum atomic E-state index is -0.165. The van der Waals surface area contributed by atoms with Crippen molar-refractivity contribution in [3.63, 3.8) is 0 Å². The van der Waals surface area contributed by atoms with E-state index in [1.807, 2.05) is 36.4 Å². The van der Waals surface area contributed by atoms with Crippen LogP contribution in [0, 0.1) is 0 Å². The van der Waals surface area contributed by atoms with Crippen molar-refractivity contribution in [3.8, 4) is 20.9 Å². The van der Waals surface area contributed by atoms with Crippen molar-refractivity contribution in [1.82, 2.24) is 9.97 Å². The number of nitrogens with one attached hydrogen (secondary N) is 1. The summed E-state index contributed by atoms with van der Waals surface area (Å²) in [6, 6.07) is 22.0. The minimum absolute atomic E-state index is 0.160. The molecule has 1 aliphatic rings. The van der Waals surface area contributed by atoms with Gasteiger partial charge < -0.3 is 4.98 Å². The van der Waals surface area contributed by atoms with Crippen LogP contribution < -0.4 is 0 Å². The molecular weight excluding hydrogens is 392 g/mol. The van der Waals surface area contributed by atoms with Crippen molar-refractivity contribution in [1.29, 1.82) is 0 Å². The molecule has 4 nitrogen and oxygen atoms in total. The van der Waals surface area contributed by atoms with Crippen molar-refractivity contribution in [2.24, 2.45) is 0 Å². The molecule has 0 amide bonds. The van der Waals surface area contributed by atoms with Gasteiger partial charge in [0.25, 0.3) is 0 Å². The smallest absolute Gasteiger partial charge is 0.210 e. The summed E-state index contributed by atoms with van der Waals surface area (Å²) in [5.41, 5.74) is 4.56. The molecule has 142 valence electrons. The second-order valence-electron chi connectivity index (χ2n) is 7.24. The zero-order valence-corrected chi connectivity index (χ0v) is 16.5. The molecule has 5 aromatic rings. The van der Waals surface area contributed by atoms with E-state index in [0.29, 0.717) is 22.4 Å². The summed E-state index contributed by atoms with van der Waals surface area (Å²) in [6.07, 6.45) is 3.02. The molecule has 0 spiro atoms. The topological polar surface area (TPSA) is 62.8 Å². The van der Waals surface area contributed by atoms with E-state index >= 15 is 0 Å². The fourth-order valence-electron chi connectivity index (χ4n) is 4.04. The molecule has 2 aromatic carbocycles.